The van der Waals surface area contributed by atoms with E-state index in [0.29, 0.717) is 16.8 Å². The summed E-state index contributed by atoms with van der Waals surface area (Å²) in [4.78, 5) is 39.7. The molecule has 7 heteroatoms. The van der Waals surface area contributed by atoms with Gasteiger partial charge in [-0.3, -0.25) is 9.36 Å². The Balaban J connectivity index is 1.64. The Hall–Kier alpha value is -3.06. The summed E-state index contributed by atoms with van der Waals surface area (Å²) < 4.78 is 6.61. The Morgan fingerprint density at radius 2 is 1.67 bits per heavy atom. The van der Waals surface area contributed by atoms with Crippen LogP contribution in [0.5, 0.6) is 0 Å². The molecule has 0 bridgehead atoms. The van der Waals surface area contributed by atoms with E-state index >= 15 is 0 Å². The topological polar surface area (TPSA) is 81.2 Å². The van der Waals surface area contributed by atoms with Crippen molar-refractivity contribution in [3.05, 3.63) is 82.0 Å². The van der Waals surface area contributed by atoms with Crippen molar-refractivity contribution in [3.8, 4) is 5.69 Å². The third kappa shape index (κ3) is 4.20. The van der Waals surface area contributed by atoms with E-state index in [1.807, 2.05) is 18.4 Å². The number of H-pyrrole nitrogens is 1. The van der Waals surface area contributed by atoms with Gasteiger partial charge in [0.25, 0.3) is 0 Å². The summed E-state index contributed by atoms with van der Waals surface area (Å²) in [6.45, 7) is 1.48. The van der Waals surface area contributed by atoms with Crippen LogP contribution in [0, 0.1) is 6.92 Å². The number of nitrogens with zero attached hydrogens (tertiary/aromatic N) is 1. The Labute approximate surface area is 160 Å². The largest absolute Gasteiger partial charge is 0.454 e. The van der Waals surface area contributed by atoms with Gasteiger partial charge in [-0.1, -0.05) is 12.1 Å². The molecule has 0 amide bonds. The third-order valence-corrected chi connectivity index (χ3v) is 4.81. The van der Waals surface area contributed by atoms with Crippen molar-refractivity contribution in [2.75, 3.05) is 12.9 Å². The molecular weight excluding hydrogens is 364 g/mol. The highest BCUT2D eigenvalue weighted by Crippen LogP contribution is 2.15. The Bertz CT molecular complexity index is 1020. The first-order valence-electron chi connectivity index (χ1n) is 8.21. The van der Waals surface area contributed by atoms with Crippen molar-refractivity contribution in [1.29, 1.82) is 0 Å². The molecule has 0 atom stereocenters. The van der Waals surface area contributed by atoms with Gasteiger partial charge >= 0.3 is 11.7 Å². The number of carbonyl (C=O) groups is 2. The molecule has 0 aliphatic carbocycles. The van der Waals surface area contributed by atoms with Crippen LogP contribution in [-0.4, -0.2) is 34.2 Å². The lowest BCUT2D eigenvalue weighted by Gasteiger charge is -2.07. The number of carbonyl (C=O) groups excluding carboxylic acids is 2. The molecule has 0 fully saturated rings. The van der Waals surface area contributed by atoms with Crippen molar-refractivity contribution in [2.24, 2.45) is 0 Å². The first-order chi connectivity index (χ1) is 13.0. The fourth-order valence-corrected chi connectivity index (χ4v) is 3.01. The number of thioether (sulfide) groups is 1. The number of Topliss-reactive ketones (excluding diaryl/α,β-unsaturated/α-hetero) is 1. The van der Waals surface area contributed by atoms with Gasteiger partial charge < -0.3 is 9.72 Å². The molecule has 0 aliphatic heterocycles. The van der Waals surface area contributed by atoms with E-state index in [0.717, 1.165) is 10.6 Å². The molecular formula is C20H18N2O4S. The Morgan fingerprint density at radius 1 is 1.04 bits per heavy atom. The van der Waals surface area contributed by atoms with Gasteiger partial charge in [0.15, 0.2) is 12.4 Å². The Kier molecular flexibility index (Phi) is 5.61. The standard InChI is InChI=1S/C20H18N2O4S/c1-13-11-21-20(25)22(13)16-7-3-15(4-8-16)19(24)26-12-18(23)14-5-9-17(27-2)10-6-14/h3-11H,12H2,1-2H3,(H,21,25). The number of benzene rings is 2. The summed E-state index contributed by atoms with van der Waals surface area (Å²) in [6, 6.07) is 13.6. The molecule has 3 rings (SSSR count). The van der Waals surface area contributed by atoms with Gasteiger partial charge in [0.05, 0.1) is 11.3 Å². The molecule has 3 aromatic rings. The van der Waals surface area contributed by atoms with Gasteiger partial charge in [-0.05, 0) is 49.6 Å². The normalized spacial score (nSPS) is 10.6. The van der Waals surface area contributed by atoms with E-state index in [9.17, 15) is 14.4 Å². The molecule has 2 aromatic carbocycles. The zero-order valence-electron chi connectivity index (χ0n) is 14.9. The number of aryl methyl sites for hydroxylation is 1. The van der Waals surface area contributed by atoms with Gasteiger partial charge in [0.1, 0.15) is 0 Å². The zero-order valence-corrected chi connectivity index (χ0v) is 15.7. The fourth-order valence-electron chi connectivity index (χ4n) is 2.60. The second-order valence-electron chi connectivity index (χ2n) is 5.85. The minimum Gasteiger partial charge on any atom is -0.454 e. The summed E-state index contributed by atoms with van der Waals surface area (Å²) in [5, 5.41) is 0. The van der Waals surface area contributed by atoms with Crippen molar-refractivity contribution >= 4 is 23.5 Å². The van der Waals surface area contributed by atoms with Crippen molar-refractivity contribution in [2.45, 2.75) is 11.8 Å². The maximum absolute atomic E-state index is 12.2. The smallest absolute Gasteiger partial charge is 0.338 e. The second kappa shape index (κ2) is 8.09. The number of ether oxygens (including phenoxy) is 1. The van der Waals surface area contributed by atoms with Crippen molar-refractivity contribution in [1.82, 2.24) is 9.55 Å². The van der Waals surface area contributed by atoms with Crippen LogP contribution >= 0.6 is 11.8 Å². The summed E-state index contributed by atoms with van der Waals surface area (Å²) in [5.74, 6) is -0.851. The van der Waals surface area contributed by atoms with E-state index in [4.69, 9.17) is 4.74 Å². The average Bonchev–Trinajstić information content (AvgIpc) is 3.04. The summed E-state index contributed by atoms with van der Waals surface area (Å²) in [5.41, 5.74) is 1.96. The van der Waals surface area contributed by atoms with E-state index in [1.54, 1.807) is 61.3 Å². The predicted molar refractivity (Wildman–Crippen MR) is 104 cm³/mol. The average molecular weight is 382 g/mol. The first kappa shape index (κ1) is 18.7. The molecule has 0 spiro atoms. The molecule has 27 heavy (non-hydrogen) atoms. The zero-order chi connectivity index (χ0) is 19.4. The molecule has 6 nitrogen and oxygen atoms in total. The maximum Gasteiger partial charge on any atom is 0.338 e. The van der Waals surface area contributed by atoms with Crippen LogP contribution in [0.3, 0.4) is 0 Å². The number of aromatic amines is 1. The molecule has 1 heterocycles. The minimum atomic E-state index is -0.589. The fraction of sp³-hybridized carbons (Fsp3) is 0.150. The van der Waals surface area contributed by atoms with Crippen molar-refractivity contribution < 1.29 is 14.3 Å². The number of hydrogen-bond donors (Lipinski definition) is 1. The molecule has 138 valence electrons. The lowest BCUT2D eigenvalue weighted by atomic mass is 10.1. The molecule has 0 saturated carbocycles. The van der Waals surface area contributed by atoms with E-state index in [1.165, 1.54) is 4.57 Å². The van der Waals surface area contributed by atoms with Crippen LogP contribution in [0.4, 0.5) is 0 Å². The maximum atomic E-state index is 12.2. The highest BCUT2D eigenvalue weighted by molar-refractivity contribution is 7.98. The summed E-state index contributed by atoms with van der Waals surface area (Å²) in [7, 11) is 0. The number of ketones is 1. The van der Waals surface area contributed by atoms with Crippen LogP contribution in [0.15, 0.2) is 64.4 Å². The molecule has 0 unspecified atom stereocenters. The molecule has 0 radical (unpaired) electrons. The number of rotatable bonds is 6. The predicted octanol–water partition coefficient (Wildman–Crippen LogP) is 3.24. The summed E-state index contributed by atoms with van der Waals surface area (Å²) in [6.07, 6.45) is 3.57. The lowest BCUT2D eigenvalue weighted by molar-refractivity contribution is 0.0475. The summed E-state index contributed by atoms with van der Waals surface area (Å²) >= 11 is 1.59. The van der Waals surface area contributed by atoms with E-state index < -0.39 is 5.97 Å². The second-order valence-corrected chi connectivity index (χ2v) is 6.72. The lowest BCUT2D eigenvalue weighted by Crippen LogP contribution is -2.16. The molecule has 1 aromatic heterocycles. The van der Waals surface area contributed by atoms with Gasteiger partial charge in [-0.15, -0.1) is 11.8 Å². The minimum absolute atomic E-state index is 0.249. The third-order valence-electron chi connectivity index (χ3n) is 4.07. The van der Waals surface area contributed by atoms with Gasteiger partial charge in [0.2, 0.25) is 0 Å². The van der Waals surface area contributed by atoms with Crippen LogP contribution in [0.25, 0.3) is 5.69 Å². The number of imidazole rings is 1. The van der Waals surface area contributed by atoms with Crippen molar-refractivity contribution in [3.63, 3.8) is 0 Å². The molecule has 0 aliphatic rings. The van der Waals surface area contributed by atoms with Gasteiger partial charge in [-0.25, -0.2) is 9.59 Å². The van der Waals surface area contributed by atoms with Crippen LogP contribution < -0.4 is 5.69 Å². The monoisotopic (exact) mass is 382 g/mol. The number of hydrogen-bond acceptors (Lipinski definition) is 5. The molecule has 1 N–H and O–H groups in total. The van der Waals surface area contributed by atoms with E-state index in [2.05, 4.69) is 4.98 Å². The number of esters is 1. The van der Waals surface area contributed by atoms with Gasteiger partial charge in [-0.2, -0.15) is 0 Å². The van der Waals surface area contributed by atoms with Crippen LogP contribution in [0.2, 0.25) is 0 Å². The highest BCUT2D eigenvalue weighted by atomic mass is 32.2. The van der Waals surface area contributed by atoms with Gasteiger partial charge in [0, 0.05) is 22.3 Å². The molecule has 0 saturated heterocycles. The van der Waals surface area contributed by atoms with Crippen LogP contribution in [-0.2, 0) is 4.74 Å². The SMILES string of the molecule is CSc1ccc(C(=O)COC(=O)c2ccc(-n3c(C)c[nH]c3=O)cc2)cc1. The highest BCUT2D eigenvalue weighted by Gasteiger charge is 2.13. The number of aromatic nitrogens is 2. The number of nitrogens with one attached hydrogen (secondary N) is 1. The first-order valence-corrected chi connectivity index (χ1v) is 9.44. The van der Waals surface area contributed by atoms with Crippen LogP contribution in [0.1, 0.15) is 26.4 Å². The Morgan fingerprint density at radius 3 is 2.22 bits per heavy atom. The quantitative estimate of drug-likeness (QED) is 0.402. The van der Waals surface area contributed by atoms with E-state index in [-0.39, 0.29) is 18.1 Å².